The number of esters is 1. The largest absolute Gasteiger partial charge is 0.490 e. The van der Waals surface area contributed by atoms with Gasteiger partial charge in [-0.3, -0.25) is 0 Å². The third-order valence-corrected chi connectivity index (χ3v) is 3.81. The summed E-state index contributed by atoms with van der Waals surface area (Å²) >= 11 is 0. The summed E-state index contributed by atoms with van der Waals surface area (Å²) in [5.74, 6) is 1.14. The molecule has 0 bridgehead atoms. The molecule has 2 rings (SSSR count). The van der Waals surface area contributed by atoms with E-state index in [0.717, 1.165) is 37.0 Å². The maximum Gasteiger partial charge on any atom is 0.331 e. The second-order valence-electron chi connectivity index (χ2n) is 5.60. The van der Waals surface area contributed by atoms with Crippen LogP contribution in [0.2, 0.25) is 0 Å². The summed E-state index contributed by atoms with van der Waals surface area (Å²) in [5.41, 5.74) is 0.887. The van der Waals surface area contributed by atoms with Crippen molar-refractivity contribution in [1.82, 2.24) is 0 Å². The summed E-state index contributed by atoms with van der Waals surface area (Å²) in [7, 11) is 0. The second kappa shape index (κ2) is 9.23. The Morgan fingerprint density at radius 1 is 1.09 bits per heavy atom. The molecule has 0 amide bonds. The van der Waals surface area contributed by atoms with E-state index in [9.17, 15) is 4.79 Å². The minimum atomic E-state index is -0.274. The van der Waals surface area contributed by atoms with Gasteiger partial charge in [0.05, 0.1) is 13.2 Å². The van der Waals surface area contributed by atoms with Crippen LogP contribution in [0.3, 0.4) is 0 Å². The van der Waals surface area contributed by atoms with Gasteiger partial charge in [-0.25, -0.2) is 4.79 Å². The number of ether oxygens (including phenoxy) is 3. The van der Waals surface area contributed by atoms with E-state index in [-0.39, 0.29) is 12.1 Å². The van der Waals surface area contributed by atoms with E-state index in [0.29, 0.717) is 19.0 Å². The third-order valence-electron chi connectivity index (χ3n) is 3.81. The molecule has 23 heavy (non-hydrogen) atoms. The SMILES string of the molecule is CCOc1ccc(C=CC(=O)OC2CCCCC2)cc1OCC. The van der Waals surface area contributed by atoms with E-state index >= 15 is 0 Å². The normalized spacial score (nSPS) is 15.6. The van der Waals surface area contributed by atoms with Gasteiger partial charge < -0.3 is 14.2 Å². The van der Waals surface area contributed by atoms with Crippen LogP contribution in [0, 0.1) is 0 Å². The van der Waals surface area contributed by atoms with Crippen LogP contribution in [-0.2, 0) is 9.53 Å². The molecule has 1 fully saturated rings. The van der Waals surface area contributed by atoms with Gasteiger partial charge in [0, 0.05) is 6.08 Å². The highest BCUT2D eigenvalue weighted by Gasteiger charge is 2.16. The summed E-state index contributed by atoms with van der Waals surface area (Å²) in [6.07, 6.45) is 8.84. The molecule has 0 aromatic heterocycles. The molecule has 0 radical (unpaired) electrons. The molecule has 126 valence electrons. The van der Waals surface area contributed by atoms with Crippen LogP contribution in [0.25, 0.3) is 6.08 Å². The zero-order valence-corrected chi connectivity index (χ0v) is 14.0. The van der Waals surface area contributed by atoms with Crippen LogP contribution in [0.4, 0.5) is 0 Å². The van der Waals surface area contributed by atoms with Gasteiger partial charge in [-0.2, -0.15) is 0 Å². The van der Waals surface area contributed by atoms with Gasteiger partial charge in [-0.05, 0) is 63.3 Å². The van der Waals surface area contributed by atoms with Crippen molar-refractivity contribution in [2.45, 2.75) is 52.1 Å². The van der Waals surface area contributed by atoms with Crippen molar-refractivity contribution >= 4 is 12.0 Å². The molecule has 1 aromatic rings. The Kier molecular flexibility index (Phi) is 6.98. The zero-order chi connectivity index (χ0) is 16.5. The van der Waals surface area contributed by atoms with Crippen molar-refractivity contribution in [3.8, 4) is 11.5 Å². The molecule has 0 atom stereocenters. The highest BCUT2D eigenvalue weighted by molar-refractivity contribution is 5.87. The highest BCUT2D eigenvalue weighted by atomic mass is 16.5. The van der Waals surface area contributed by atoms with Crippen molar-refractivity contribution in [2.75, 3.05) is 13.2 Å². The Hall–Kier alpha value is -1.97. The van der Waals surface area contributed by atoms with Crippen molar-refractivity contribution in [2.24, 2.45) is 0 Å². The van der Waals surface area contributed by atoms with Gasteiger partial charge in [0.25, 0.3) is 0 Å². The van der Waals surface area contributed by atoms with E-state index in [1.54, 1.807) is 6.08 Å². The van der Waals surface area contributed by atoms with Crippen molar-refractivity contribution in [3.05, 3.63) is 29.8 Å². The molecular formula is C19H26O4. The number of hydrogen-bond acceptors (Lipinski definition) is 4. The van der Waals surface area contributed by atoms with Crippen LogP contribution in [-0.4, -0.2) is 25.3 Å². The molecule has 0 saturated heterocycles. The Morgan fingerprint density at radius 3 is 2.48 bits per heavy atom. The van der Waals surface area contributed by atoms with Gasteiger partial charge in [-0.1, -0.05) is 12.5 Å². The van der Waals surface area contributed by atoms with E-state index in [4.69, 9.17) is 14.2 Å². The summed E-state index contributed by atoms with van der Waals surface area (Å²) in [6.45, 7) is 5.02. The van der Waals surface area contributed by atoms with Gasteiger partial charge in [0.1, 0.15) is 6.10 Å². The fourth-order valence-electron chi connectivity index (χ4n) is 2.72. The molecule has 1 aliphatic carbocycles. The van der Waals surface area contributed by atoms with E-state index < -0.39 is 0 Å². The lowest BCUT2D eigenvalue weighted by molar-refractivity contribution is -0.144. The molecule has 0 unspecified atom stereocenters. The fraction of sp³-hybridized carbons (Fsp3) is 0.526. The number of hydrogen-bond donors (Lipinski definition) is 0. The van der Waals surface area contributed by atoms with Crippen molar-refractivity contribution in [3.63, 3.8) is 0 Å². The van der Waals surface area contributed by atoms with Crippen LogP contribution in [0.5, 0.6) is 11.5 Å². The molecule has 0 aliphatic heterocycles. The van der Waals surface area contributed by atoms with Gasteiger partial charge in [-0.15, -0.1) is 0 Å². The first-order valence-corrected chi connectivity index (χ1v) is 8.51. The minimum absolute atomic E-state index is 0.0835. The minimum Gasteiger partial charge on any atom is -0.490 e. The average Bonchev–Trinajstić information content (AvgIpc) is 2.56. The highest BCUT2D eigenvalue weighted by Crippen LogP contribution is 2.29. The van der Waals surface area contributed by atoms with Crippen molar-refractivity contribution in [1.29, 1.82) is 0 Å². The first kappa shape index (κ1) is 17.4. The first-order chi connectivity index (χ1) is 11.2. The predicted octanol–water partition coefficient (Wildman–Crippen LogP) is 4.37. The monoisotopic (exact) mass is 318 g/mol. The van der Waals surface area contributed by atoms with E-state index in [2.05, 4.69) is 0 Å². The molecule has 1 aliphatic rings. The Balaban J connectivity index is 1.97. The van der Waals surface area contributed by atoms with E-state index in [1.165, 1.54) is 12.5 Å². The first-order valence-electron chi connectivity index (χ1n) is 8.51. The zero-order valence-electron chi connectivity index (χ0n) is 14.0. The topological polar surface area (TPSA) is 44.8 Å². The molecule has 1 aromatic carbocycles. The van der Waals surface area contributed by atoms with Gasteiger partial charge in [0.15, 0.2) is 11.5 Å². The Bertz CT molecular complexity index is 530. The second-order valence-corrected chi connectivity index (χ2v) is 5.60. The molecule has 0 heterocycles. The van der Waals surface area contributed by atoms with Crippen LogP contribution < -0.4 is 9.47 Å². The van der Waals surface area contributed by atoms with Crippen LogP contribution in [0.1, 0.15) is 51.5 Å². The molecule has 4 nitrogen and oxygen atoms in total. The van der Waals surface area contributed by atoms with Crippen molar-refractivity contribution < 1.29 is 19.0 Å². The lowest BCUT2D eigenvalue weighted by Crippen LogP contribution is -2.19. The van der Waals surface area contributed by atoms with E-state index in [1.807, 2.05) is 32.0 Å². The van der Waals surface area contributed by atoms with Crippen LogP contribution in [0.15, 0.2) is 24.3 Å². The molecule has 0 spiro atoms. The Morgan fingerprint density at radius 2 is 1.78 bits per heavy atom. The number of carbonyl (C=O) groups is 1. The quantitative estimate of drug-likeness (QED) is 0.553. The standard InChI is InChI=1S/C19H26O4/c1-3-21-17-12-10-15(14-18(17)22-4-2)11-13-19(20)23-16-8-6-5-7-9-16/h10-14,16H,3-9H2,1-2H3. The third kappa shape index (κ3) is 5.62. The number of carbonyl (C=O) groups excluding carboxylic acids is 1. The lowest BCUT2D eigenvalue weighted by atomic mass is 9.98. The maximum atomic E-state index is 11.9. The molecule has 1 saturated carbocycles. The summed E-state index contributed by atoms with van der Waals surface area (Å²) in [5, 5.41) is 0. The maximum absolute atomic E-state index is 11.9. The summed E-state index contributed by atoms with van der Waals surface area (Å²) < 4.78 is 16.6. The predicted molar refractivity (Wildman–Crippen MR) is 90.8 cm³/mol. The summed E-state index contributed by atoms with van der Waals surface area (Å²) in [6, 6.07) is 5.64. The van der Waals surface area contributed by atoms with Gasteiger partial charge in [0.2, 0.25) is 0 Å². The number of rotatable bonds is 7. The Labute approximate surface area is 138 Å². The molecular weight excluding hydrogens is 292 g/mol. The smallest absolute Gasteiger partial charge is 0.331 e. The van der Waals surface area contributed by atoms with Gasteiger partial charge >= 0.3 is 5.97 Å². The number of benzene rings is 1. The average molecular weight is 318 g/mol. The fourth-order valence-corrected chi connectivity index (χ4v) is 2.72. The lowest BCUT2D eigenvalue weighted by Gasteiger charge is -2.20. The van der Waals surface area contributed by atoms with Crippen LogP contribution >= 0.6 is 0 Å². The molecule has 4 heteroatoms. The summed E-state index contributed by atoms with van der Waals surface area (Å²) in [4.78, 5) is 11.9. The molecule has 0 N–H and O–H groups in total.